The van der Waals surface area contributed by atoms with Gasteiger partial charge in [-0.25, -0.2) is 9.97 Å². The lowest BCUT2D eigenvalue weighted by atomic mass is 10.2. The van der Waals surface area contributed by atoms with Crippen molar-refractivity contribution in [1.82, 2.24) is 15.3 Å². The third-order valence-corrected chi connectivity index (χ3v) is 3.27. The van der Waals surface area contributed by atoms with Crippen LogP contribution in [0, 0.1) is 12.8 Å². The number of aryl methyl sites for hydroxylation is 1. The van der Waals surface area contributed by atoms with Crippen LogP contribution >= 0.6 is 0 Å². The number of aromatic nitrogens is 2. The summed E-state index contributed by atoms with van der Waals surface area (Å²) in [7, 11) is 0. The second kappa shape index (κ2) is 4.13. The van der Waals surface area contributed by atoms with Crippen molar-refractivity contribution in [2.45, 2.75) is 51.6 Å². The van der Waals surface area contributed by atoms with Crippen LogP contribution in [0.15, 0.2) is 6.07 Å². The third kappa shape index (κ3) is 2.79. The van der Waals surface area contributed by atoms with Gasteiger partial charge in [0.25, 0.3) is 0 Å². The van der Waals surface area contributed by atoms with Crippen LogP contribution in [-0.4, -0.2) is 16.0 Å². The summed E-state index contributed by atoms with van der Waals surface area (Å²) in [5, 5.41) is 3.51. The Morgan fingerprint density at radius 1 is 1.25 bits per heavy atom. The van der Waals surface area contributed by atoms with E-state index < -0.39 is 0 Å². The summed E-state index contributed by atoms with van der Waals surface area (Å²) in [6.07, 6.45) is 6.48. The summed E-state index contributed by atoms with van der Waals surface area (Å²) in [4.78, 5) is 9.16. The molecule has 1 N–H and O–H groups in total. The lowest BCUT2D eigenvalue weighted by Gasteiger charge is -2.06. The van der Waals surface area contributed by atoms with Gasteiger partial charge in [-0.15, -0.1) is 0 Å². The van der Waals surface area contributed by atoms with Gasteiger partial charge in [-0.1, -0.05) is 0 Å². The highest BCUT2D eigenvalue weighted by atomic mass is 15.0. The molecule has 3 rings (SSSR count). The first-order chi connectivity index (χ1) is 7.79. The molecule has 0 bridgehead atoms. The Morgan fingerprint density at radius 2 is 2.06 bits per heavy atom. The van der Waals surface area contributed by atoms with E-state index in [2.05, 4.69) is 28.3 Å². The molecule has 16 heavy (non-hydrogen) atoms. The van der Waals surface area contributed by atoms with Crippen LogP contribution in [0.2, 0.25) is 0 Å². The van der Waals surface area contributed by atoms with Crippen LogP contribution in [0.4, 0.5) is 0 Å². The van der Waals surface area contributed by atoms with Gasteiger partial charge in [0, 0.05) is 24.7 Å². The second-order valence-corrected chi connectivity index (χ2v) is 5.22. The van der Waals surface area contributed by atoms with E-state index in [0.717, 1.165) is 42.1 Å². The molecule has 2 fully saturated rings. The van der Waals surface area contributed by atoms with E-state index in [9.17, 15) is 0 Å². The molecule has 86 valence electrons. The molecule has 0 saturated heterocycles. The smallest absolute Gasteiger partial charge is 0.129 e. The SMILES string of the molecule is Cc1cc(CNC2CC2)nc(CC2CC2)n1. The van der Waals surface area contributed by atoms with Crippen molar-refractivity contribution in [1.29, 1.82) is 0 Å². The standard InChI is InChI=1S/C13H19N3/c1-9-6-12(8-14-11-4-5-11)16-13(15-9)7-10-2-3-10/h6,10-11,14H,2-5,7-8H2,1H3. The maximum Gasteiger partial charge on any atom is 0.129 e. The first kappa shape index (κ1) is 10.2. The zero-order chi connectivity index (χ0) is 11.0. The van der Waals surface area contributed by atoms with Crippen molar-refractivity contribution >= 4 is 0 Å². The summed E-state index contributed by atoms with van der Waals surface area (Å²) in [5.74, 6) is 1.92. The van der Waals surface area contributed by atoms with Gasteiger partial charge >= 0.3 is 0 Å². The van der Waals surface area contributed by atoms with Gasteiger partial charge in [0.15, 0.2) is 0 Å². The van der Waals surface area contributed by atoms with Crippen LogP contribution in [0.1, 0.15) is 42.9 Å². The molecule has 0 aromatic carbocycles. The minimum absolute atomic E-state index is 0.752. The average molecular weight is 217 g/mol. The summed E-state index contributed by atoms with van der Waals surface area (Å²) in [5.41, 5.74) is 2.27. The van der Waals surface area contributed by atoms with E-state index in [0.29, 0.717) is 0 Å². The molecule has 2 aliphatic carbocycles. The predicted octanol–water partition coefficient (Wildman–Crippen LogP) is 1.99. The normalized spacial score (nSPS) is 20.1. The second-order valence-electron chi connectivity index (χ2n) is 5.22. The quantitative estimate of drug-likeness (QED) is 0.819. The Balaban J connectivity index is 1.66. The summed E-state index contributed by atoms with van der Waals surface area (Å²) >= 11 is 0. The minimum Gasteiger partial charge on any atom is -0.308 e. The highest BCUT2D eigenvalue weighted by Crippen LogP contribution is 2.31. The van der Waals surface area contributed by atoms with Crippen molar-refractivity contribution < 1.29 is 0 Å². The van der Waals surface area contributed by atoms with E-state index in [1.54, 1.807) is 0 Å². The van der Waals surface area contributed by atoms with Gasteiger partial charge in [-0.2, -0.15) is 0 Å². The van der Waals surface area contributed by atoms with Crippen molar-refractivity contribution in [3.63, 3.8) is 0 Å². The fraction of sp³-hybridized carbons (Fsp3) is 0.692. The van der Waals surface area contributed by atoms with Crippen molar-refractivity contribution in [3.05, 3.63) is 23.3 Å². The lowest BCUT2D eigenvalue weighted by molar-refractivity contribution is 0.659. The largest absolute Gasteiger partial charge is 0.308 e. The number of hydrogen-bond acceptors (Lipinski definition) is 3. The molecule has 0 aliphatic heterocycles. The lowest BCUT2D eigenvalue weighted by Crippen LogP contribution is -2.17. The molecule has 0 radical (unpaired) electrons. The summed E-state index contributed by atoms with van der Waals surface area (Å²) in [6, 6.07) is 2.85. The number of rotatable bonds is 5. The van der Waals surface area contributed by atoms with Crippen LogP contribution in [0.5, 0.6) is 0 Å². The van der Waals surface area contributed by atoms with E-state index in [1.165, 1.54) is 25.7 Å². The highest BCUT2D eigenvalue weighted by molar-refractivity contribution is 5.11. The average Bonchev–Trinajstić information content (AvgIpc) is 3.09. The van der Waals surface area contributed by atoms with Crippen LogP contribution in [-0.2, 0) is 13.0 Å². The zero-order valence-corrected chi connectivity index (χ0v) is 9.87. The van der Waals surface area contributed by atoms with Gasteiger partial charge in [-0.3, -0.25) is 0 Å². The van der Waals surface area contributed by atoms with Crippen molar-refractivity contribution in [2.24, 2.45) is 5.92 Å². The monoisotopic (exact) mass is 217 g/mol. The summed E-state index contributed by atoms with van der Waals surface area (Å²) < 4.78 is 0. The molecular formula is C13H19N3. The molecule has 3 heteroatoms. The molecule has 0 amide bonds. The molecule has 0 spiro atoms. The van der Waals surface area contributed by atoms with Gasteiger partial charge in [-0.05, 0) is 44.6 Å². The number of nitrogens with one attached hydrogen (secondary N) is 1. The molecule has 1 aromatic heterocycles. The molecule has 2 saturated carbocycles. The van der Waals surface area contributed by atoms with Gasteiger partial charge < -0.3 is 5.32 Å². The Hall–Kier alpha value is -0.960. The maximum absolute atomic E-state index is 4.64. The van der Waals surface area contributed by atoms with E-state index in [-0.39, 0.29) is 0 Å². The molecule has 1 aromatic rings. The Morgan fingerprint density at radius 3 is 2.75 bits per heavy atom. The molecule has 1 heterocycles. The number of nitrogens with zero attached hydrogens (tertiary/aromatic N) is 2. The van der Waals surface area contributed by atoms with Crippen molar-refractivity contribution in [2.75, 3.05) is 0 Å². The van der Waals surface area contributed by atoms with E-state index >= 15 is 0 Å². The fourth-order valence-electron chi connectivity index (χ4n) is 2.00. The van der Waals surface area contributed by atoms with Crippen molar-refractivity contribution in [3.8, 4) is 0 Å². The molecular weight excluding hydrogens is 198 g/mol. The van der Waals surface area contributed by atoms with Crippen LogP contribution in [0.25, 0.3) is 0 Å². The zero-order valence-electron chi connectivity index (χ0n) is 9.87. The van der Waals surface area contributed by atoms with E-state index in [1.807, 2.05) is 0 Å². The van der Waals surface area contributed by atoms with Crippen LogP contribution in [0.3, 0.4) is 0 Å². The maximum atomic E-state index is 4.64. The third-order valence-electron chi connectivity index (χ3n) is 3.27. The molecule has 3 nitrogen and oxygen atoms in total. The highest BCUT2D eigenvalue weighted by Gasteiger charge is 2.23. The first-order valence-corrected chi connectivity index (χ1v) is 6.36. The molecule has 0 atom stereocenters. The Bertz CT molecular complexity index is 381. The van der Waals surface area contributed by atoms with E-state index in [4.69, 9.17) is 0 Å². The summed E-state index contributed by atoms with van der Waals surface area (Å²) in [6.45, 7) is 2.98. The molecule has 2 aliphatic rings. The van der Waals surface area contributed by atoms with Gasteiger partial charge in [0.1, 0.15) is 5.82 Å². The van der Waals surface area contributed by atoms with Gasteiger partial charge in [0.05, 0.1) is 5.69 Å². The number of hydrogen-bond donors (Lipinski definition) is 1. The first-order valence-electron chi connectivity index (χ1n) is 6.36. The van der Waals surface area contributed by atoms with Gasteiger partial charge in [0.2, 0.25) is 0 Å². The fourth-order valence-corrected chi connectivity index (χ4v) is 2.00. The Labute approximate surface area is 96.7 Å². The molecule has 0 unspecified atom stereocenters. The topological polar surface area (TPSA) is 37.8 Å². The predicted molar refractivity (Wildman–Crippen MR) is 63.1 cm³/mol. The Kier molecular flexibility index (Phi) is 2.64. The minimum atomic E-state index is 0.752. The van der Waals surface area contributed by atoms with Crippen LogP contribution < -0.4 is 5.32 Å².